The van der Waals surface area contributed by atoms with Crippen LogP contribution in [-0.2, 0) is 19.4 Å². The first-order valence-electron chi connectivity index (χ1n) is 6.84. The molecule has 2 aromatic heterocycles. The lowest BCUT2D eigenvalue weighted by molar-refractivity contribution is 0.396. The van der Waals surface area contributed by atoms with Crippen LogP contribution in [0.2, 0.25) is 0 Å². The van der Waals surface area contributed by atoms with E-state index in [0.29, 0.717) is 11.8 Å². The number of nitrogens with zero attached hydrogens (tertiary/aromatic N) is 5. The van der Waals surface area contributed by atoms with E-state index in [-0.39, 0.29) is 6.04 Å². The number of ether oxygens (including phenoxy) is 1. The van der Waals surface area contributed by atoms with E-state index in [2.05, 4.69) is 32.3 Å². The maximum Gasteiger partial charge on any atom is 0.226 e. The molecule has 0 aromatic carbocycles. The predicted molar refractivity (Wildman–Crippen MR) is 73.7 cm³/mol. The molecule has 3 rings (SSSR count). The molecule has 0 spiro atoms. The van der Waals surface area contributed by atoms with Crippen molar-refractivity contribution in [2.24, 2.45) is 0 Å². The Morgan fingerprint density at radius 3 is 3.15 bits per heavy atom. The van der Waals surface area contributed by atoms with E-state index in [1.165, 1.54) is 0 Å². The molecule has 0 unspecified atom stereocenters. The van der Waals surface area contributed by atoms with Gasteiger partial charge in [0, 0.05) is 31.1 Å². The smallest absolute Gasteiger partial charge is 0.226 e. The van der Waals surface area contributed by atoms with E-state index < -0.39 is 0 Å². The van der Waals surface area contributed by atoms with Gasteiger partial charge in [-0.05, 0) is 6.42 Å². The Bertz CT molecular complexity index is 596. The Labute approximate surface area is 117 Å². The fourth-order valence-corrected chi connectivity index (χ4v) is 2.34. The quantitative estimate of drug-likeness (QED) is 0.898. The normalized spacial score (nSPS) is 17.6. The molecular formula is C13H18N6O. The highest BCUT2D eigenvalue weighted by molar-refractivity contribution is 5.29. The zero-order valence-corrected chi connectivity index (χ0v) is 11.7. The van der Waals surface area contributed by atoms with Gasteiger partial charge < -0.3 is 10.1 Å². The number of methoxy groups -OCH3 is 1. The van der Waals surface area contributed by atoms with Crippen molar-refractivity contribution in [1.29, 1.82) is 0 Å². The first-order chi connectivity index (χ1) is 9.78. The monoisotopic (exact) mass is 274 g/mol. The molecule has 1 atom stereocenters. The molecule has 0 amide bonds. The molecule has 1 aliphatic heterocycles. The Morgan fingerprint density at radius 2 is 2.35 bits per heavy atom. The van der Waals surface area contributed by atoms with Crippen molar-refractivity contribution < 1.29 is 4.74 Å². The highest BCUT2D eigenvalue weighted by atomic mass is 16.5. The van der Waals surface area contributed by atoms with Gasteiger partial charge in [-0.25, -0.2) is 14.6 Å². The maximum atomic E-state index is 5.10. The predicted octanol–water partition coefficient (Wildman–Crippen LogP) is 1.07. The van der Waals surface area contributed by atoms with Crippen LogP contribution in [0.25, 0.3) is 0 Å². The second-order valence-corrected chi connectivity index (χ2v) is 4.78. The summed E-state index contributed by atoms with van der Waals surface area (Å²) in [7, 11) is 1.60. The molecule has 0 saturated carbocycles. The van der Waals surface area contributed by atoms with Crippen molar-refractivity contribution in [3.8, 4) is 5.88 Å². The van der Waals surface area contributed by atoms with Gasteiger partial charge in [-0.15, -0.1) is 0 Å². The third kappa shape index (κ3) is 2.56. The Morgan fingerprint density at radius 1 is 1.45 bits per heavy atom. The molecule has 7 nitrogen and oxygen atoms in total. The number of aryl methyl sites for hydroxylation is 2. The van der Waals surface area contributed by atoms with Crippen LogP contribution in [0, 0.1) is 0 Å². The van der Waals surface area contributed by atoms with Gasteiger partial charge >= 0.3 is 0 Å². The summed E-state index contributed by atoms with van der Waals surface area (Å²) in [6.07, 6.45) is 4.49. The summed E-state index contributed by atoms with van der Waals surface area (Å²) in [6, 6.07) is 2.00. The lowest BCUT2D eigenvalue weighted by atomic mass is 10.1. The Kier molecular flexibility index (Phi) is 3.49. The highest BCUT2D eigenvalue weighted by Gasteiger charge is 2.21. The van der Waals surface area contributed by atoms with Gasteiger partial charge in [-0.2, -0.15) is 10.1 Å². The van der Waals surface area contributed by atoms with Crippen LogP contribution in [0.15, 0.2) is 12.3 Å². The second kappa shape index (κ2) is 5.44. The number of nitrogens with one attached hydrogen (secondary N) is 1. The molecule has 20 heavy (non-hydrogen) atoms. The van der Waals surface area contributed by atoms with Gasteiger partial charge in [0.05, 0.1) is 13.7 Å². The van der Waals surface area contributed by atoms with E-state index in [4.69, 9.17) is 4.74 Å². The number of anilines is 1. The molecule has 7 heteroatoms. The van der Waals surface area contributed by atoms with Gasteiger partial charge in [0.2, 0.25) is 11.8 Å². The average Bonchev–Trinajstić information content (AvgIpc) is 2.90. The van der Waals surface area contributed by atoms with Crippen molar-refractivity contribution in [2.75, 3.05) is 12.4 Å². The van der Waals surface area contributed by atoms with Crippen LogP contribution >= 0.6 is 0 Å². The summed E-state index contributed by atoms with van der Waals surface area (Å²) < 4.78 is 7.09. The van der Waals surface area contributed by atoms with Crippen molar-refractivity contribution in [3.63, 3.8) is 0 Å². The third-order valence-electron chi connectivity index (χ3n) is 3.39. The van der Waals surface area contributed by atoms with E-state index in [9.17, 15) is 0 Å². The van der Waals surface area contributed by atoms with Gasteiger partial charge in [-0.1, -0.05) is 6.92 Å². The molecule has 0 bridgehead atoms. The second-order valence-electron chi connectivity index (χ2n) is 4.78. The van der Waals surface area contributed by atoms with Crippen molar-refractivity contribution >= 4 is 5.95 Å². The van der Waals surface area contributed by atoms with Gasteiger partial charge in [0.15, 0.2) is 5.82 Å². The molecule has 0 radical (unpaired) electrons. The summed E-state index contributed by atoms with van der Waals surface area (Å²) in [5.41, 5.74) is 0. The van der Waals surface area contributed by atoms with Crippen molar-refractivity contribution in [1.82, 2.24) is 24.7 Å². The average molecular weight is 274 g/mol. The van der Waals surface area contributed by atoms with Crippen LogP contribution in [0.4, 0.5) is 5.95 Å². The van der Waals surface area contributed by atoms with Gasteiger partial charge in [-0.3, -0.25) is 0 Å². The van der Waals surface area contributed by atoms with Crippen LogP contribution < -0.4 is 10.1 Å². The standard InChI is InChI=1S/C13H18N6O/c1-3-10-16-11-5-4-9(8-19(11)18-10)15-13-14-7-6-12(17-13)20-2/h6-7,9H,3-5,8H2,1-2H3,(H,14,15,17)/t9-/m1/s1. The maximum absolute atomic E-state index is 5.10. The van der Waals surface area contributed by atoms with E-state index in [0.717, 1.165) is 37.5 Å². The third-order valence-corrected chi connectivity index (χ3v) is 3.39. The number of hydrogen-bond donors (Lipinski definition) is 1. The topological polar surface area (TPSA) is 77.8 Å². The zero-order chi connectivity index (χ0) is 13.9. The summed E-state index contributed by atoms with van der Waals surface area (Å²) in [4.78, 5) is 13.0. The van der Waals surface area contributed by atoms with Crippen molar-refractivity contribution in [2.45, 2.75) is 38.8 Å². The van der Waals surface area contributed by atoms with Crippen LogP contribution in [0.3, 0.4) is 0 Å². The summed E-state index contributed by atoms with van der Waals surface area (Å²) >= 11 is 0. The highest BCUT2D eigenvalue weighted by Crippen LogP contribution is 2.17. The minimum atomic E-state index is 0.265. The summed E-state index contributed by atoms with van der Waals surface area (Å²) in [6.45, 7) is 2.87. The number of aromatic nitrogens is 5. The first-order valence-corrected chi connectivity index (χ1v) is 6.84. The largest absolute Gasteiger partial charge is 0.481 e. The molecule has 0 saturated heterocycles. The molecule has 2 aromatic rings. The van der Waals surface area contributed by atoms with Crippen LogP contribution in [-0.4, -0.2) is 37.9 Å². The molecule has 0 fully saturated rings. The first kappa shape index (κ1) is 12.8. The molecule has 1 aliphatic rings. The van der Waals surface area contributed by atoms with E-state index >= 15 is 0 Å². The van der Waals surface area contributed by atoms with Gasteiger partial charge in [0.1, 0.15) is 5.82 Å². The molecular weight excluding hydrogens is 256 g/mol. The van der Waals surface area contributed by atoms with Crippen LogP contribution in [0.1, 0.15) is 25.0 Å². The summed E-state index contributed by atoms with van der Waals surface area (Å²) in [5, 5.41) is 7.83. The van der Waals surface area contributed by atoms with Crippen LogP contribution in [0.5, 0.6) is 5.88 Å². The lowest BCUT2D eigenvalue weighted by Crippen LogP contribution is -2.32. The minimum Gasteiger partial charge on any atom is -0.481 e. The Balaban J connectivity index is 1.70. The molecule has 3 heterocycles. The number of hydrogen-bond acceptors (Lipinski definition) is 6. The Hall–Kier alpha value is -2.18. The lowest BCUT2D eigenvalue weighted by Gasteiger charge is -2.23. The molecule has 0 aliphatic carbocycles. The SMILES string of the molecule is CCc1nc2n(n1)C[C@H](Nc1nccc(OC)n1)CC2. The fraction of sp³-hybridized carbons (Fsp3) is 0.538. The number of rotatable bonds is 4. The fourth-order valence-electron chi connectivity index (χ4n) is 2.34. The summed E-state index contributed by atoms with van der Waals surface area (Å²) in [5.74, 6) is 3.14. The van der Waals surface area contributed by atoms with E-state index in [1.54, 1.807) is 19.4 Å². The van der Waals surface area contributed by atoms with Gasteiger partial charge in [0.25, 0.3) is 0 Å². The number of fused-ring (bicyclic) bond motifs is 1. The molecule has 1 N–H and O–H groups in total. The molecule has 106 valence electrons. The zero-order valence-electron chi connectivity index (χ0n) is 11.7. The van der Waals surface area contributed by atoms with Crippen molar-refractivity contribution in [3.05, 3.63) is 23.9 Å². The van der Waals surface area contributed by atoms with E-state index in [1.807, 2.05) is 4.68 Å². The minimum absolute atomic E-state index is 0.265.